The third-order valence-electron chi connectivity index (χ3n) is 1.93. The number of alkyl halides is 5. The number of para-hydroxylation sites is 1. The first-order chi connectivity index (χ1) is 8.69. The van der Waals surface area contributed by atoms with Gasteiger partial charge >= 0.3 is 12.1 Å². The highest BCUT2D eigenvalue weighted by Gasteiger charge is 2.32. The summed E-state index contributed by atoms with van der Waals surface area (Å²) in [5.41, 5.74) is -4.63. The van der Waals surface area contributed by atoms with E-state index >= 15 is 0 Å². The van der Waals surface area contributed by atoms with Crippen LogP contribution in [-0.2, 0) is 11.2 Å². The molecule has 1 aromatic rings. The topological polar surface area (TPSA) is 26.3 Å². The van der Waals surface area contributed by atoms with Crippen molar-refractivity contribution in [1.29, 1.82) is 0 Å². The SMILES string of the molecule is CC(=O)Cc1cccc(SC(F)(F)F)c1OC(F)F. The van der Waals surface area contributed by atoms with Crippen molar-refractivity contribution in [2.75, 3.05) is 0 Å². The molecule has 0 spiro atoms. The largest absolute Gasteiger partial charge is 0.446 e. The number of benzene rings is 1. The molecule has 0 radical (unpaired) electrons. The van der Waals surface area contributed by atoms with Gasteiger partial charge in [0.05, 0.1) is 4.90 Å². The first kappa shape index (κ1) is 15.7. The molecular formula is C11H9F5O2S. The lowest BCUT2D eigenvalue weighted by molar-refractivity contribution is -0.116. The van der Waals surface area contributed by atoms with Crippen molar-refractivity contribution in [3.63, 3.8) is 0 Å². The molecule has 0 saturated carbocycles. The fraction of sp³-hybridized carbons (Fsp3) is 0.364. The van der Waals surface area contributed by atoms with Crippen LogP contribution in [-0.4, -0.2) is 17.9 Å². The molecule has 19 heavy (non-hydrogen) atoms. The molecule has 0 atom stereocenters. The van der Waals surface area contributed by atoms with E-state index in [0.29, 0.717) is 0 Å². The monoisotopic (exact) mass is 300 g/mol. The molecule has 0 aliphatic rings. The van der Waals surface area contributed by atoms with Crippen LogP contribution in [0.5, 0.6) is 5.75 Å². The molecule has 0 bridgehead atoms. The fourth-order valence-electron chi connectivity index (χ4n) is 1.40. The summed E-state index contributed by atoms with van der Waals surface area (Å²) in [6.07, 6.45) is -0.270. The fourth-order valence-corrected chi connectivity index (χ4v) is 2.06. The second-order valence-electron chi connectivity index (χ2n) is 3.55. The highest BCUT2D eigenvalue weighted by molar-refractivity contribution is 8.00. The van der Waals surface area contributed by atoms with Gasteiger partial charge in [-0.1, -0.05) is 12.1 Å². The number of carbonyl (C=O) groups excluding carboxylic acids is 1. The minimum Gasteiger partial charge on any atom is -0.433 e. The highest BCUT2D eigenvalue weighted by atomic mass is 32.2. The van der Waals surface area contributed by atoms with E-state index in [1.807, 2.05) is 0 Å². The van der Waals surface area contributed by atoms with Crippen LogP contribution in [0, 0.1) is 0 Å². The maximum Gasteiger partial charge on any atom is 0.446 e. The van der Waals surface area contributed by atoms with Crippen LogP contribution in [0.1, 0.15) is 12.5 Å². The lowest BCUT2D eigenvalue weighted by Gasteiger charge is -2.15. The number of carbonyl (C=O) groups is 1. The molecule has 0 unspecified atom stereocenters. The van der Waals surface area contributed by atoms with Gasteiger partial charge in [-0.05, 0) is 24.8 Å². The smallest absolute Gasteiger partial charge is 0.433 e. The van der Waals surface area contributed by atoms with Gasteiger partial charge in [-0.3, -0.25) is 4.79 Å². The predicted molar refractivity (Wildman–Crippen MR) is 59.4 cm³/mol. The van der Waals surface area contributed by atoms with E-state index in [4.69, 9.17) is 0 Å². The summed E-state index contributed by atoms with van der Waals surface area (Å²) in [4.78, 5) is 10.5. The van der Waals surface area contributed by atoms with Crippen molar-refractivity contribution in [3.05, 3.63) is 23.8 Å². The quantitative estimate of drug-likeness (QED) is 0.606. The molecule has 8 heteroatoms. The molecule has 0 aromatic heterocycles. The number of hydrogen-bond acceptors (Lipinski definition) is 3. The molecule has 0 aliphatic heterocycles. The van der Waals surface area contributed by atoms with E-state index in [-0.39, 0.29) is 17.8 Å². The molecule has 106 valence electrons. The maximum absolute atomic E-state index is 12.3. The van der Waals surface area contributed by atoms with Crippen LogP contribution in [0.3, 0.4) is 0 Å². The molecule has 0 N–H and O–H groups in total. The maximum atomic E-state index is 12.3. The lowest BCUT2D eigenvalue weighted by atomic mass is 10.1. The summed E-state index contributed by atoms with van der Waals surface area (Å²) in [6, 6.07) is 3.55. The minimum absolute atomic E-state index is 0.00190. The van der Waals surface area contributed by atoms with Crippen molar-refractivity contribution in [2.24, 2.45) is 0 Å². The van der Waals surface area contributed by atoms with Gasteiger partial charge in [0.1, 0.15) is 11.5 Å². The summed E-state index contributed by atoms with van der Waals surface area (Å²) >= 11 is -0.559. The van der Waals surface area contributed by atoms with Crippen molar-refractivity contribution in [3.8, 4) is 5.75 Å². The van der Waals surface area contributed by atoms with E-state index < -0.39 is 34.5 Å². The van der Waals surface area contributed by atoms with Crippen molar-refractivity contribution >= 4 is 17.5 Å². The molecule has 0 aliphatic carbocycles. The van der Waals surface area contributed by atoms with Gasteiger partial charge in [0.15, 0.2) is 0 Å². The predicted octanol–water partition coefficient (Wildman–Crippen LogP) is 4.03. The van der Waals surface area contributed by atoms with Gasteiger partial charge in [0.25, 0.3) is 0 Å². The third-order valence-corrected chi connectivity index (χ3v) is 2.71. The van der Waals surface area contributed by atoms with Gasteiger partial charge in [0, 0.05) is 12.0 Å². The third kappa shape index (κ3) is 5.46. The number of ketones is 1. The Labute approximate surface area is 109 Å². The Hall–Kier alpha value is -1.31. The Kier molecular flexibility index (Phi) is 5.16. The Morgan fingerprint density at radius 2 is 2.00 bits per heavy atom. The number of hydrogen-bond donors (Lipinski definition) is 0. The van der Waals surface area contributed by atoms with E-state index in [0.717, 1.165) is 6.07 Å². The van der Waals surface area contributed by atoms with E-state index in [2.05, 4.69) is 4.74 Å². The Balaban J connectivity index is 3.17. The molecule has 0 saturated heterocycles. The Morgan fingerprint density at radius 3 is 2.47 bits per heavy atom. The second kappa shape index (κ2) is 6.23. The zero-order valence-electron chi connectivity index (χ0n) is 9.63. The van der Waals surface area contributed by atoms with E-state index in [1.165, 1.54) is 19.1 Å². The molecule has 0 heterocycles. The van der Waals surface area contributed by atoms with Crippen LogP contribution < -0.4 is 4.74 Å². The average molecular weight is 300 g/mol. The Morgan fingerprint density at radius 1 is 1.37 bits per heavy atom. The number of rotatable bonds is 5. The molecule has 0 fully saturated rings. The number of ether oxygens (including phenoxy) is 1. The van der Waals surface area contributed by atoms with Crippen LogP contribution in [0.25, 0.3) is 0 Å². The van der Waals surface area contributed by atoms with Crippen LogP contribution in [0.4, 0.5) is 22.0 Å². The first-order valence-corrected chi connectivity index (χ1v) is 5.82. The molecular weight excluding hydrogens is 291 g/mol. The summed E-state index contributed by atoms with van der Waals surface area (Å²) in [5, 5.41) is 0. The molecule has 1 rings (SSSR count). The lowest BCUT2D eigenvalue weighted by Crippen LogP contribution is -2.09. The normalized spacial score (nSPS) is 11.7. The van der Waals surface area contributed by atoms with Crippen molar-refractivity contribution in [1.82, 2.24) is 0 Å². The number of thioether (sulfide) groups is 1. The van der Waals surface area contributed by atoms with E-state index in [1.54, 1.807) is 0 Å². The van der Waals surface area contributed by atoms with Gasteiger partial charge in [0.2, 0.25) is 0 Å². The first-order valence-electron chi connectivity index (χ1n) is 5.01. The minimum atomic E-state index is -4.63. The summed E-state index contributed by atoms with van der Waals surface area (Å²) in [7, 11) is 0. The van der Waals surface area contributed by atoms with Crippen molar-refractivity contribution in [2.45, 2.75) is 30.4 Å². The summed E-state index contributed by atoms with van der Waals surface area (Å²) < 4.78 is 65.5. The number of Topliss-reactive ketones (excluding diaryl/α,β-unsaturated/α-hetero) is 1. The van der Waals surface area contributed by atoms with Crippen LogP contribution in [0.2, 0.25) is 0 Å². The van der Waals surface area contributed by atoms with Gasteiger partial charge in [-0.25, -0.2) is 0 Å². The highest BCUT2D eigenvalue weighted by Crippen LogP contribution is 2.43. The molecule has 1 aromatic carbocycles. The number of halogens is 5. The average Bonchev–Trinajstić information content (AvgIpc) is 2.19. The van der Waals surface area contributed by atoms with Crippen molar-refractivity contribution < 1.29 is 31.5 Å². The van der Waals surface area contributed by atoms with Gasteiger partial charge in [-0.2, -0.15) is 22.0 Å². The van der Waals surface area contributed by atoms with Crippen LogP contribution in [0.15, 0.2) is 23.1 Å². The second-order valence-corrected chi connectivity index (χ2v) is 4.66. The zero-order valence-corrected chi connectivity index (χ0v) is 10.4. The zero-order chi connectivity index (χ0) is 14.6. The summed E-state index contributed by atoms with van der Waals surface area (Å²) in [5.74, 6) is -0.969. The van der Waals surface area contributed by atoms with Crippen LogP contribution >= 0.6 is 11.8 Å². The standard InChI is InChI=1S/C11H9F5O2S/c1-6(17)5-7-3-2-4-8(19-11(14,15)16)9(7)18-10(12)13/h2-4,10H,5H2,1H3. The van der Waals surface area contributed by atoms with Gasteiger partial charge in [-0.15, -0.1) is 0 Å². The Bertz CT molecular complexity index is 459. The summed E-state index contributed by atoms with van der Waals surface area (Å²) in [6.45, 7) is -2.06. The molecule has 2 nitrogen and oxygen atoms in total. The van der Waals surface area contributed by atoms with Gasteiger partial charge < -0.3 is 4.74 Å². The molecule has 0 amide bonds. The van der Waals surface area contributed by atoms with E-state index in [9.17, 15) is 26.7 Å².